The number of fused-ring (bicyclic) bond motifs is 1. The van der Waals surface area contributed by atoms with Gasteiger partial charge >= 0.3 is 5.97 Å². The van der Waals surface area contributed by atoms with Crippen molar-refractivity contribution in [3.63, 3.8) is 0 Å². The summed E-state index contributed by atoms with van der Waals surface area (Å²) in [6.07, 6.45) is 4.92. The summed E-state index contributed by atoms with van der Waals surface area (Å²) in [6.45, 7) is 4.13. The van der Waals surface area contributed by atoms with Crippen LogP contribution in [0, 0.1) is 11.7 Å². The summed E-state index contributed by atoms with van der Waals surface area (Å²) in [5, 5.41) is 4.54. The molecule has 0 amide bonds. The maximum atomic E-state index is 13.4. The highest BCUT2D eigenvalue weighted by Gasteiger charge is 2.30. The van der Waals surface area contributed by atoms with E-state index in [-0.39, 0.29) is 17.2 Å². The number of aromatic nitrogens is 2. The van der Waals surface area contributed by atoms with Crippen LogP contribution in [-0.4, -0.2) is 36.9 Å². The van der Waals surface area contributed by atoms with Crippen LogP contribution in [0.25, 0.3) is 16.8 Å². The third-order valence-electron chi connectivity index (χ3n) is 5.79. The lowest BCUT2D eigenvalue weighted by Gasteiger charge is -2.14. The Morgan fingerprint density at radius 1 is 1.27 bits per heavy atom. The highest BCUT2D eigenvalue weighted by Crippen LogP contribution is 2.45. The molecule has 2 aromatic heterocycles. The number of anilines is 1. The van der Waals surface area contributed by atoms with Gasteiger partial charge in [0.1, 0.15) is 17.1 Å². The fourth-order valence-corrected chi connectivity index (χ4v) is 5.09. The number of carbonyl (C=O) groups excluding carboxylic acids is 1. The lowest BCUT2D eigenvalue weighted by Crippen LogP contribution is -2.18. The smallest absolute Gasteiger partial charge is 0.342 e. The summed E-state index contributed by atoms with van der Waals surface area (Å²) < 4.78 is 48.2. The van der Waals surface area contributed by atoms with Gasteiger partial charge in [0.25, 0.3) is 0 Å². The molecule has 33 heavy (non-hydrogen) atoms. The van der Waals surface area contributed by atoms with E-state index < -0.39 is 21.8 Å². The first kappa shape index (κ1) is 23.2. The second-order valence-corrected chi connectivity index (χ2v) is 10.8. The highest BCUT2D eigenvalue weighted by atomic mass is 32.2. The Kier molecular flexibility index (Phi) is 6.43. The highest BCUT2D eigenvalue weighted by molar-refractivity contribution is 7.92. The number of nitrogens with one attached hydrogen (secondary N) is 1. The van der Waals surface area contributed by atoms with Crippen molar-refractivity contribution in [1.82, 2.24) is 9.61 Å². The number of pyridine rings is 1. The molecule has 1 aromatic carbocycles. The van der Waals surface area contributed by atoms with Gasteiger partial charge in [-0.15, -0.1) is 0 Å². The molecule has 0 unspecified atom stereocenters. The number of hydrogen-bond acceptors (Lipinski definition) is 5. The van der Waals surface area contributed by atoms with Crippen LogP contribution in [0.1, 0.15) is 61.4 Å². The molecule has 0 saturated heterocycles. The first-order chi connectivity index (χ1) is 15.7. The molecule has 0 atom stereocenters. The minimum absolute atomic E-state index is 0.0423. The van der Waals surface area contributed by atoms with E-state index in [0.29, 0.717) is 34.8 Å². The molecule has 1 aliphatic carbocycles. The van der Waals surface area contributed by atoms with Crippen molar-refractivity contribution in [2.45, 2.75) is 45.4 Å². The Bertz CT molecular complexity index is 1280. The van der Waals surface area contributed by atoms with Gasteiger partial charge in [-0.2, -0.15) is 5.10 Å². The Balaban J connectivity index is 1.79. The third kappa shape index (κ3) is 5.19. The molecule has 1 fully saturated rings. The minimum Gasteiger partial charge on any atom is -0.465 e. The van der Waals surface area contributed by atoms with Crippen LogP contribution in [0.4, 0.5) is 10.1 Å². The number of sulfonamides is 1. The average molecular weight is 474 g/mol. The fourth-order valence-electron chi connectivity index (χ4n) is 3.94. The van der Waals surface area contributed by atoms with E-state index in [0.717, 1.165) is 24.8 Å². The van der Waals surface area contributed by atoms with Crippen LogP contribution in [0.2, 0.25) is 0 Å². The monoisotopic (exact) mass is 473 g/mol. The number of ether oxygens (including phenoxy) is 1. The number of esters is 1. The second-order valence-electron chi connectivity index (χ2n) is 8.93. The van der Waals surface area contributed by atoms with E-state index >= 15 is 0 Å². The number of nitrogens with zero attached hydrogens (tertiary/aromatic N) is 2. The molecular weight excluding hydrogens is 445 g/mol. The summed E-state index contributed by atoms with van der Waals surface area (Å²) in [4.78, 5) is 12.7. The van der Waals surface area contributed by atoms with Gasteiger partial charge in [0.05, 0.1) is 30.3 Å². The lowest BCUT2D eigenvalue weighted by atomic mass is 10.0. The number of carbonyl (C=O) groups is 1. The third-order valence-corrected chi connectivity index (χ3v) is 7.14. The van der Waals surface area contributed by atoms with Gasteiger partial charge in [-0.3, -0.25) is 4.72 Å². The summed E-state index contributed by atoms with van der Waals surface area (Å²) in [5.74, 6) is -0.261. The molecule has 1 saturated carbocycles. The first-order valence-electron chi connectivity index (χ1n) is 11.1. The van der Waals surface area contributed by atoms with E-state index in [1.54, 1.807) is 18.3 Å². The number of halogens is 1. The lowest BCUT2D eigenvalue weighted by molar-refractivity contribution is 0.0604. The van der Waals surface area contributed by atoms with Crippen molar-refractivity contribution in [3.8, 4) is 11.3 Å². The zero-order chi connectivity index (χ0) is 23.8. The van der Waals surface area contributed by atoms with E-state index in [4.69, 9.17) is 4.74 Å². The Morgan fingerprint density at radius 3 is 2.58 bits per heavy atom. The molecule has 2 heterocycles. The Hall–Kier alpha value is -2.94. The zero-order valence-corrected chi connectivity index (χ0v) is 19.8. The number of benzene rings is 1. The van der Waals surface area contributed by atoms with E-state index in [1.165, 1.54) is 23.8 Å². The standard InChI is InChI=1S/C24H28FN3O4S/c1-15(2)5-4-12-33(30,31)27-20-14-28-21(13-19(20)16-6-7-16)22(24(29)32-3)23(26-28)17-8-10-18(25)11-9-17/h8-11,13-16,27H,4-7,12H2,1-3H3. The Morgan fingerprint density at radius 2 is 1.97 bits per heavy atom. The van der Waals surface area contributed by atoms with Crippen molar-refractivity contribution in [3.05, 3.63) is 53.5 Å². The van der Waals surface area contributed by atoms with Crippen LogP contribution in [0.15, 0.2) is 36.5 Å². The normalized spacial score (nSPS) is 14.1. The topological polar surface area (TPSA) is 89.8 Å². The number of hydrogen-bond donors (Lipinski definition) is 1. The van der Waals surface area contributed by atoms with Crippen molar-refractivity contribution < 1.29 is 22.3 Å². The first-order valence-corrected chi connectivity index (χ1v) is 12.7. The quantitative estimate of drug-likeness (QED) is 0.443. The molecule has 1 N–H and O–H groups in total. The van der Waals surface area contributed by atoms with Crippen LogP contribution < -0.4 is 4.72 Å². The average Bonchev–Trinajstić information content (AvgIpc) is 3.53. The van der Waals surface area contributed by atoms with Gasteiger partial charge in [0.15, 0.2) is 0 Å². The summed E-state index contributed by atoms with van der Waals surface area (Å²) in [7, 11) is -2.24. The van der Waals surface area contributed by atoms with Crippen molar-refractivity contribution >= 4 is 27.2 Å². The molecule has 4 rings (SSSR count). The zero-order valence-electron chi connectivity index (χ0n) is 19.0. The maximum Gasteiger partial charge on any atom is 0.342 e. The molecule has 1 aliphatic rings. The molecule has 9 heteroatoms. The molecular formula is C24H28FN3O4S. The summed E-state index contributed by atoms with van der Waals surface area (Å²) >= 11 is 0. The Labute approximate surface area is 193 Å². The van der Waals surface area contributed by atoms with E-state index in [9.17, 15) is 17.6 Å². The van der Waals surface area contributed by atoms with Crippen molar-refractivity contribution in [2.75, 3.05) is 17.6 Å². The van der Waals surface area contributed by atoms with Gasteiger partial charge in [-0.25, -0.2) is 22.1 Å². The number of rotatable bonds is 9. The van der Waals surface area contributed by atoms with Crippen molar-refractivity contribution in [2.24, 2.45) is 5.92 Å². The predicted molar refractivity (Wildman–Crippen MR) is 125 cm³/mol. The molecule has 0 spiro atoms. The molecule has 0 aliphatic heterocycles. The van der Waals surface area contributed by atoms with Gasteiger partial charge in [0.2, 0.25) is 10.0 Å². The summed E-state index contributed by atoms with van der Waals surface area (Å²) in [6, 6.07) is 7.50. The number of methoxy groups -OCH3 is 1. The fraction of sp³-hybridized carbons (Fsp3) is 0.417. The van der Waals surface area contributed by atoms with Crippen LogP contribution in [0.5, 0.6) is 0 Å². The summed E-state index contributed by atoms with van der Waals surface area (Å²) in [5.41, 5.74) is 3.00. The molecule has 3 aromatic rings. The molecule has 0 radical (unpaired) electrons. The molecule has 0 bridgehead atoms. The van der Waals surface area contributed by atoms with Crippen LogP contribution >= 0.6 is 0 Å². The predicted octanol–water partition coefficient (Wildman–Crippen LogP) is 4.98. The van der Waals surface area contributed by atoms with Gasteiger partial charge in [-0.05, 0) is 73.4 Å². The van der Waals surface area contributed by atoms with Gasteiger partial charge < -0.3 is 4.74 Å². The van der Waals surface area contributed by atoms with E-state index in [2.05, 4.69) is 23.7 Å². The molecule has 176 valence electrons. The SMILES string of the molecule is COC(=O)c1c(-c2ccc(F)cc2)nn2cc(NS(=O)(=O)CCCC(C)C)c(C3CC3)cc12. The van der Waals surface area contributed by atoms with Crippen LogP contribution in [-0.2, 0) is 14.8 Å². The van der Waals surface area contributed by atoms with Crippen molar-refractivity contribution in [1.29, 1.82) is 0 Å². The van der Waals surface area contributed by atoms with Gasteiger partial charge in [-0.1, -0.05) is 13.8 Å². The molecule has 7 nitrogen and oxygen atoms in total. The largest absolute Gasteiger partial charge is 0.465 e. The maximum absolute atomic E-state index is 13.4. The minimum atomic E-state index is -3.53. The van der Waals surface area contributed by atoms with Gasteiger partial charge in [0, 0.05) is 5.56 Å². The van der Waals surface area contributed by atoms with Crippen LogP contribution in [0.3, 0.4) is 0 Å². The second kappa shape index (κ2) is 9.13. The van der Waals surface area contributed by atoms with E-state index in [1.807, 2.05) is 6.07 Å².